The summed E-state index contributed by atoms with van der Waals surface area (Å²) in [6.07, 6.45) is 9.14. The summed E-state index contributed by atoms with van der Waals surface area (Å²) in [7, 11) is -2.93. The number of hydrogen-bond donors (Lipinski definition) is 2. The van der Waals surface area contributed by atoms with Gasteiger partial charge in [-0.2, -0.15) is 0 Å². The molecule has 0 spiro atoms. The Labute approximate surface area is 152 Å². The smallest absolute Gasteiger partial charge is 0.147 e. The van der Waals surface area contributed by atoms with Gasteiger partial charge in [0.05, 0.1) is 24.1 Å². The van der Waals surface area contributed by atoms with Crippen molar-refractivity contribution >= 4 is 31.9 Å². The highest BCUT2D eigenvalue weighted by molar-refractivity contribution is 7.90. The summed E-state index contributed by atoms with van der Waals surface area (Å²) in [6.45, 7) is 0.0520. The van der Waals surface area contributed by atoms with Gasteiger partial charge >= 0.3 is 0 Å². The zero-order valence-electron chi connectivity index (χ0n) is 14.9. The van der Waals surface area contributed by atoms with Gasteiger partial charge in [0.15, 0.2) is 0 Å². The van der Waals surface area contributed by atoms with Crippen molar-refractivity contribution in [2.24, 2.45) is 5.92 Å². The molecule has 0 bridgehead atoms. The third-order valence-corrected chi connectivity index (χ3v) is 6.44. The second-order valence-corrected chi connectivity index (χ2v) is 9.56. The molecule has 1 saturated carbocycles. The molecule has 1 aliphatic rings. The van der Waals surface area contributed by atoms with Crippen LogP contribution in [0.15, 0.2) is 18.5 Å². The molecule has 0 aromatic carbocycles. The number of fused-ring (bicyclic) bond motifs is 3. The van der Waals surface area contributed by atoms with E-state index in [-0.39, 0.29) is 24.3 Å². The lowest BCUT2D eigenvalue weighted by Gasteiger charge is -2.30. The lowest BCUT2D eigenvalue weighted by molar-refractivity contribution is 0.274. The van der Waals surface area contributed by atoms with E-state index in [1.54, 1.807) is 6.20 Å². The number of aromatic amines is 1. The van der Waals surface area contributed by atoms with Gasteiger partial charge in [0.2, 0.25) is 0 Å². The molecule has 3 heterocycles. The zero-order valence-corrected chi connectivity index (χ0v) is 15.7. The quantitative estimate of drug-likeness (QED) is 0.711. The number of aliphatic hydroxyl groups excluding tert-OH is 1. The lowest BCUT2D eigenvalue weighted by atomic mass is 9.87. The summed E-state index contributed by atoms with van der Waals surface area (Å²) in [5.74, 6) is 1.40. The van der Waals surface area contributed by atoms with Crippen LogP contribution in [0, 0.1) is 5.92 Å². The standard InChI is InChI=1S/C18H24N4O3S/c1-26(24,25)11-12-2-4-13(5-3-12)22-16(7-9-23)21-15-10-20-18-14(17(15)22)6-8-19-18/h6,8,10,12-13,23H,2-5,7,9,11H2,1H3,(H,19,20). The Kier molecular flexibility index (Phi) is 4.48. The fourth-order valence-electron chi connectivity index (χ4n) is 4.31. The first-order valence-corrected chi connectivity index (χ1v) is 11.1. The number of pyridine rings is 1. The topological polar surface area (TPSA) is 101 Å². The maximum atomic E-state index is 11.6. The first-order valence-electron chi connectivity index (χ1n) is 9.08. The van der Waals surface area contributed by atoms with Crippen LogP contribution in [0.2, 0.25) is 0 Å². The molecule has 26 heavy (non-hydrogen) atoms. The van der Waals surface area contributed by atoms with Gasteiger partial charge in [0, 0.05) is 30.3 Å². The van der Waals surface area contributed by atoms with Gasteiger partial charge in [-0.15, -0.1) is 0 Å². The van der Waals surface area contributed by atoms with E-state index in [4.69, 9.17) is 4.98 Å². The predicted molar refractivity (Wildman–Crippen MR) is 101 cm³/mol. The summed E-state index contributed by atoms with van der Waals surface area (Å²) in [5.41, 5.74) is 2.74. The molecule has 3 aromatic heterocycles. The molecule has 8 heteroatoms. The zero-order chi connectivity index (χ0) is 18.3. The summed E-state index contributed by atoms with van der Waals surface area (Å²) < 4.78 is 25.4. The second kappa shape index (κ2) is 6.66. The Morgan fingerprint density at radius 3 is 2.77 bits per heavy atom. The van der Waals surface area contributed by atoms with Gasteiger partial charge in [-0.05, 0) is 37.7 Å². The minimum Gasteiger partial charge on any atom is -0.396 e. The van der Waals surface area contributed by atoms with E-state index in [1.165, 1.54) is 6.26 Å². The number of nitrogens with one attached hydrogen (secondary N) is 1. The van der Waals surface area contributed by atoms with Gasteiger partial charge in [-0.25, -0.2) is 18.4 Å². The Morgan fingerprint density at radius 2 is 2.08 bits per heavy atom. The van der Waals surface area contributed by atoms with Gasteiger partial charge < -0.3 is 14.7 Å². The van der Waals surface area contributed by atoms with Crippen LogP contribution >= 0.6 is 0 Å². The Bertz CT molecular complexity index is 1030. The first-order chi connectivity index (χ1) is 12.5. The Balaban J connectivity index is 1.71. The number of hydrogen-bond acceptors (Lipinski definition) is 5. The largest absolute Gasteiger partial charge is 0.396 e. The van der Waals surface area contributed by atoms with Crippen molar-refractivity contribution in [3.8, 4) is 0 Å². The lowest BCUT2D eigenvalue weighted by Crippen LogP contribution is -2.24. The molecule has 4 rings (SSSR count). The van der Waals surface area contributed by atoms with Crippen LogP contribution in [0.25, 0.3) is 22.1 Å². The van der Waals surface area contributed by atoms with Crippen molar-refractivity contribution in [1.29, 1.82) is 0 Å². The average molecular weight is 376 g/mol. The van der Waals surface area contributed by atoms with Gasteiger partial charge in [-0.1, -0.05) is 0 Å². The van der Waals surface area contributed by atoms with E-state index in [2.05, 4.69) is 14.5 Å². The van der Waals surface area contributed by atoms with Crippen LogP contribution in [-0.4, -0.2) is 51.7 Å². The first kappa shape index (κ1) is 17.5. The van der Waals surface area contributed by atoms with Crippen molar-refractivity contribution in [3.05, 3.63) is 24.3 Å². The molecule has 7 nitrogen and oxygen atoms in total. The fourth-order valence-corrected chi connectivity index (χ4v) is 5.50. The third-order valence-electron chi connectivity index (χ3n) is 5.36. The molecular formula is C18H24N4O3S. The van der Waals surface area contributed by atoms with Crippen LogP contribution in [0.5, 0.6) is 0 Å². The molecule has 0 saturated heterocycles. The van der Waals surface area contributed by atoms with Crippen molar-refractivity contribution in [1.82, 2.24) is 19.5 Å². The van der Waals surface area contributed by atoms with Crippen molar-refractivity contribution < 1.29 is 13.5 Å². The number of rotatable bonds is 5. The van der Waals surface area contributed by atoms with Crippen LogP contribution in [0.3, 0.4) is 0 Å². The highest BCUT2D eigenvalue weighted by Gasteiger charge is 2.28. The Hall–Kier alpha value is -1.93. The van der Waals surface area contributed by atoms with Crippen LogP contribution in [-0.2, 0) is 16.3 Å². The van der Waals surface area contributed by atoms with Crippen molar-refractivity contribution in [2.45, 2.75) is 38.1 Å². The molecule has 2 N–H and O–H groups in total. The second-order valence-electron chi connectivity index (χ2n) is 7.37. The van der Waals surface area contributed by atoms with E-state index in [0.717, 1.165) is 53.6 Å². The molecule has 0 unspecified atom stereocenters. The summed E-state index contributed by atoms with van der Waals surface area (Å²) in [5, 5.41) is 10.5. The molecular weight excluding hydrogens is 352 g/mol. The van der Waals surface area contributed by atoms with Crippen LogP contribution < -0.4 is 0 Å². The van der Waals surface area contributed by atoms with Crippen LogP contribution in [0.1, 0.15) is 37.5 Å². The monoisotopic (exact) mass is 376 g/mol. The number of nitrogens with zero attached hydrogens (tertiary/aromatic N) is 3. The van der Waals surface area contributed by atoms with Crippen molar-refractivity contribution in [2.75, 3.05) is 18.6 Å². The van der Waals surface area contributed by atoms with E-state index in [0.29, 0.717) is 6.42 Å². The molecule has 0 amide bonds. The summed E-state index contributed by atoms with van der Waals surface area (Å²) in [6, 6.07) is 2.29. The van der Waals surface area contributed by atoms with Gasteiger partial charge in [-0.3, -0.25) is 0 Å². The van der Waals surface area contributed by atoms with Gasteiger partial charge in [0.25, 0.3) is 0 Å². The SMILES string of the molecule is CS(=O)(=O)CC1CCC(n2c(CCO)nc3cnc4[nH]ccc4c32)CC1. The van der Waals surface area contributed by atoms with E-state index in [1.807, 2.05) is 12.3 Å². The average Bonchev–Trinajstić information content (AvgIpc) is 3.18. The minimum atomic E-state index is -2.93. The summed E-state index contributed by atoms with van der Waals surface area (Å²) in [4.78, 5) is 12.3. The highest BCUT2D eigenvalue weighted by atomic mass is 32.2. The maximum Gasteiger partial charge on any atom is 0.147 e. The van der Waals surface area contributed by atoms with E-state index < -0.39 is 9.84 Å². The van der Waals surface area contributed by atoms with E-state index in [9.17, 15) is 13.5 Å². The molecule has 0 atom stereocenters. The number of imidazole rings is 1. The van der Waals surface area contributed by atoms with Gasteiger partial charge in [0.1, 0.15) is 26.8 Å². The number of H-pyrrole nitrogens is 1. The normalized spacial score (nSPS) is 21.6. The molecule has 140 valence electrons. The highest BCUT2D eigenvalue weighted by Crippen LogP contribution is 2.37. The molecule has 1 fully saturated rings. The molecule has 3 aromatic rings. The number of aromatic nitrogens is 4. The Morgan fingerprint density at radius 1 is 1.31 bits per heavy atom. The van der Waals surface area contributed by atoms with Crippen LogP contribution in [0.4, 0.5) is 0 Å². The predicted octanol–water partition coefficient (Wildman–Crippen LogP) is 2.22. The third kappa shape index (κ3) is 3.23. The van der Waals surface area contributed by atoms with E-state index >= 15 is 0 Å². The molecule has 0 radical (unpaired) electrons. The number of sulfone groups is 1. The fraction of sp³-hybridized carbons (Fsp3) is 0.556. The maximum absolute atomic E-state index is 11.6. The number of aliphatic hydroxyl groups is 1. The summed E-state index contributed by atoms with van der Waals surface area (Å²) >= 11 is 0. The molecule has 1 aliphatic carbocycles. The van der Waals surface area contributed by atoms with Crippen molar-refractivity contribution in [3.63, 3.8) is 0 Å². The molecule has 0 aliphatic heterocycles. The minimum absolute atomic E-state index is 0.0520.